The van der Waals surface area contributed by atoms with Crippen LogP contribution in [0, 0.1) is 5.92 Å². The number of hydrogen-bond acceptors (Lipinski definition) is 2. The Bertz CT molecular complexity index is 562. The predicted molar refractivity (Wildman–Crippen MR) is 97.5 cm³/mol. The van der Waals surface area contributed by atoms with Gasteiger partial charge >= 0.3 is 0 Å². The molecule has 5 heteroatoms. The molecule has 0 atom stereocenters. The molecule has 1 aliphatic heterocycles. The van der Waals surface area contributed by atoms with Crippen LogP contribution in [0.15, 0.2) is 30.3 Å². The van der Waals surface area contributed by atoms with Crippen molar-refractivity contribution in [3.63, 3.8) is 0 Å². The number of carbonyl (C=O) groups excluding carboxylic acids is 2. The highest BCUT2D eigenvalue weighted by atomic mass is 16.2. The fourth-order valence-corrected chi connectivity index (χ4v) is 3.91. The molecule has 0 bridgehead atoms. The molecule has 2 amide bonds. The van der Waals surface area contributed by atoms with Crippen LogP contribution in [0.25, 0.3) is 0 Å². The van der Waals surface area contributed by atoms with Crippen LogP contribution in [0.4, 0.5) is 0 Å². The van der Waals surface area contributed by atoms with Gasteiger partial charge in [0.15, 0.2) is 6.54 Å². The van der Waals surface area contributed by atoms with Gasteiger partial charge in [0.25, 0.3) is 11.8 Å². The molecule has 1 saturated carbocycles. The van der Waals surface area contributed by atoms with Crippen molar-refractivity contribution in [3.8, 4) is 0 Å². The van der Waals surface area contributed by atoms with Crippen molar-refractivity contribution in [3.05, 3.63) is 35.9 Å². The Balaban J connectivity index is 1.37. The highest BCUT2D eigenvalue weighted by Gasteiger charge is 2.26. The molecule has 1 aromatic carbocycles. The number of rotatable bonds is 5. The Morgan fingerprint density at radius 2 is 1.72 bits per heavy atom. The first-order valence-electron chi connectivity index (χ1n) is 9.67. The first-order valence-corrected chi connectivity index (χ1v) is 9.67. The maximum atomic E-state index is 12.4. The van der Waals surface area contributed by atoms with E-state index in [9.17, 15) is 9.59 Å². The van der Waals surface area contributed by atoms with Crippen molar-refractivity contribution in [2.24, 2.45) is 5.92 Å². The van der Waals surface area contributed by atoms with Crippen LogP contribution in [-0.4, -0.2) is 56.0 Å². The van der Waals surface area contributed by atoms with E-state index in [0.29, 0.717) is 12.5 Å². The number of piperazine rings is 1. The zero-order valence-electron chi connectivity index (χ0n) is 15.0. The zero-order chi connectivity index (χ0) is 17.5. The van der Waals surface area contributed by atoms with Crippen LogP contribution >= 0.6 is 0 Å². The average molecular weight is 344 g/mol. The van der Waals surface area contributed by atoms with E-state index in [0.717, 1.165) is 38.3 Å². The molecular weight excluding hydrogens is 314 g/mol. The number of quaternary nitrogens is 1. The second-order valence-electron chi connectivity index (χ2n) is 7.39. The fourth-order valence-electron chi connectivity index (χ4n) is 3.91. The van der Waals surface area contributed by atoms with Crippen LogP contribution in [0.2, 0.25) is 0 Å². The number of amides is 2. The molecule has 5 nitrogen and oxygen atoms in total. The summed E-state index contributed by atoms with van der Waals surface area (Å²) in [6, 6.07) is 9.43. The van der Waals surface area contributed by atoms with Crippen molar-refractivity contribution in [1.82, 2.24) is 10.2 Å². The van der Waals surface area contributed by atoms with Crippen molar-refractivity contribution in [1.29, 1.82) is 0 Å². The molecule has 1 saturated heterocycles. The molecule has 2 aliphatic rings. The van der Waals surface area contributed by atoms with Gasteiger partial charge in [0.1, 0.15) is 0 Å². The van der Waals surface area contributed by atoms with Crippen molar-refractivity contribution >= 4 is 11.8 Å². The van der Waals surface area contributed by atoms with E-state index in [2.05, 4.69) is 5.32 Å². The first kappa shape index (κ1) is 17.9. The summed E-state index contributed by atoms with van der Waals surface area (Å²) in [6.45, 7) is 4.49. The second-order valence-corrected chi connectivity index (χ2v) is 7.39. The lowest BCUT2D eigenvalue weighted by Gasteiger charge is -2.32. The summed E-state index contributed by atoms with van der Waals surface area (Å²) in [4.78, 5) is 27.8. The van der Waals surface area contributed by atoms with Gasteiger partial charge in [0.2, 0.25) is 0 Å². The summed E-state index contributed by atoms with van der Waals surface area (Å²) in [7, 11) is 0. The topological polar surface area (TPSA) is 53.9 Å². The van der Waals surface area contributed by atoms with Crippen LogP contribution in [0.5, 0.6) is 0 Å². The maximum absolute atomic E-state index is 12.4. The molecule has 25 heavy (non-hydrogen) atoms. The number of benzene rings is 1. The average Bonchev–Trinajstić information content (AvgIpc) is 2.68. The molecular formula is C20H30N3O2+. The molecule has 0 aromatic heterocycles. The third-order valence-electron chi connectivity index (χ3n) is 5.50. The molecule has 0 radical (unpaired) electrons. The Morgan fingerprint density at radius 1 is 1.04 bits per heavy atom. The minimum atomic E-state index is 0.0985. The van der Waals surface area contributed by atoms with E-state index in [-0.39, 0.29) is 11.8 Å². The molecule has 2 N–H and O–H groups in total. The third kappa shape index (κ3) is 5.30. The highest BCUT2D eigenvalue weighted by Crippen LogP contribution is 2.22. The smallest absolute Gasteiger partial charge is 0.275 e. The lowest BCUT2D eigenvalue weighted by molar-refractivity contribution is -0.896. The normalized spacial score (nSPS) is 19.6. The largest absolute Gasteiger partial charge is 0.351 e. The molecule has 0 unspecified atom stereocenters. The van der Waals surface area contributed by atoms with E-state index >= 15 is 0 Å². The Labute approximate surface area is 150 Å². The van der Waals surface area contributed by atoms with Gasteiger partial charge in [-0.2, -0.15) is 0 Å². The fraction of sp³-hybridized carbons (Fsp3) is 0.600. The minimum absolute atomic E-state index is 0.0985. The SMILES string of the molecule is O=C(C[NH+]1CCN(C(=O)c2ccccc2)CC1)NCC1CCCCC1. The van der Waals surface area contributed by atoms with Crippen molar-refractivity contribution < 1.29 is 14.5 Å². The van der Waals surface area contributed by atoms with E-state index < -0.39 is 0 Å². The molecule has 0 spiro atoms. The van der Waals surface area contributed by atoms with E-state index in [1.165, 1.54) is 37.0 Å². The first-order chi connectivity index (χ1) is 12.2. The van der Waals surface area contributed by atoms with Gasteiger partial charge in [-0.15, -0.1) is 0 Å². The zero-order valence-corrected chi connectivity index (χ0v) is 15.0. The van der Waals surface area contributed by atoms with Crippen molar-refractivity contribution in [2.75, 3.05) is 39.3 Å². The van der Waals surface area contributed by atoms with Crippen LogP contribution < -0.4 is 10.2 Å². The Hall–Kier alpha value is -1.88. The lowest BCUT2D eigenvalue weighted by Crippen LogP contribution is -3.15. The summed E-state index contributed by atoms with van der Waals surface area (Å²) >= 11 is 0. The van der Waals surface area contributed by atoms with Crippen LogP contribution in [-0.2, 0) is 4.79 Å². The molecule has 2 fully saturated rings. The number of carbonyl (C=O) groups is 2. The predicted octanol–water partition coefficient (Wildman–Crippen LogP) is 0.724. The number of hydrogen-bond donors (Lipinski definition) is 2. The summed E-state index contributed by atoms with van der Waals surface area (Å²) in [5.74, 6) is 0.929. The maximum Gasteiger partial charge on any atom is 0.275 e. The summed E-state index contributed by atoms with van der Waals surface area (Å²) in [5.41, 5.74) is 0.746. The van der Waals surface area contributed by atoms with Crippen LogP contribution in [0.1, 0.15) is 42.5 Å². The lowest BCUT2D eigenvalue weighted by atomic mass is 9.89. The summed E-state index contributed by atoms with van der Waals surface area (Å²) in [5, 5.41) is 3.12. The van der Waals surface area contributed by atoms with Gasteiger partial charge in [0.05, 0.1) is 26.2 Å². The van der Waals surface area contributed by atoms with E-state index in [1.807, 2.05) is 35.2 Å². The molecule has 1 aromatic rings. The van der Waals surface area contributed by atoms with Crippen LogP contribution in [0.3, 0.4) is 0 Å². The van der Waals surface area contributed by atoms with E-state index in [1.54, 1.807) is 0 Å². The summed E-state index contributed by atoms with van der Waals surface area (Å²) in [6.07, 6.45) is 6.48. The van der Waals surface area contributed by atoms with Gasteiger partial charge in [-0.25, -0.2) is 0 Å². The van der Waals surface area contributed by atoms with Gasteiger partial charge in [-0.05, 0) is 30.9 Å². The Morgan fingerprint density at radius 3 is 2.40 bits per heavy atom. The molecule has 3 rings (SSSR count). The van der Waals surface area contributed by atoms with Gasteiger partial charge in [0, 0.05) is 12.1 Å². The molecule has 1 heterocycles. The summed E-state index contributed by atoms with van der Waals surface area (Å²) < 4.78 is 0. The third-order valence-corrected chi connectivity index (χ3v) is 5.50. The molecule has 136 valence electrons. The van der Waals surface area contributed by atoms with Gasteiger partial charge < -0.3 is 15.1 Å². The second kappa shape index (κ2) is 8.99. The standard InChI is InChI=1S/C20H29N3O2/c24-19(21-15-17-7-3-1-4-8-17)16-22-11-13-23(14-12-22)20(25)18-9-5-2-6-10-18/h2,5-6,9-10,17H,1,3-4,7-8,11-16H2,(H,21,24)/p+1. The van der Waals surface area contributed by atoms with Crippen molar-refractivity contribution in [2.45, 2.75) is 32.1 Å². The monoisotopic (exact) mass is 344 g/mol. The van der Waals surface area contributed by atoms with Gasteiger partial charge in [-0.1, -0.05) is 37.5 Å². The number of nitrogens with one attached hydrogen (secondary N) is 2. The van der Waals surface area contributed by atoms with Gasteiger partial charge in [-0.3, -0.25) is 9.59 Å². The minimum Gasteiger partial charge on any atom is -0.351 e. The number of nitrogens with zero attached hydrogens (tertiary/aromatic N) is 1. The Kier molecular flexibility index (Phi) is 6.45. The quantitative estimate of drug-likeness (QED) is 0.827. The van der Waals surface area contributed by atoms with E-state index in [4.69, 9.17) is 0 Å². The highest BCUT2D eigenvalue weighted by molar-refractivity contribution is 5.94. The molecule has 1 aliphatic carbocycles.